The fourth-order valence-electron chi connectivity index (χ4n) is 1.28. The van der Waals surface area contributed by atoms with Gasteiger partial charge in [0.05, 0.1) is 16.8 Å². The fraction of sp³-hybridized carbons (Fsp3) is 0.182. The highest BCUT2D eigenvalue weighted by Crippen LogP contribution is 2.15. The number of hydrazone groups is 1. The van der Waals surface area contributed by atoms with Crippen molar-refractivity contribution < 1.29 is 14.4 Å². The number of benzene rings is 1. The monoisotopic (exact) mass is 249 g/mol. The van der Waals surface area contributed by atoms with E-state index in [4.69, 9.17) is 9.47 Å². The molecule has 1 aromatic rings. The Kier molecular flexibility index (Phi) is 3.75. The number of nitrogens with one attached hydrogen (secondary N) is 1. The van der Waals surface area contributed by atoms with E-state index in [0.29, 0.717) is 24.7 Å². The Bertz CT molecular complexity index is 482. The Labute approximate surface area is 103 Å². The van der Waals surface area contributed by atoms with Crippen LogP contribution in [0.1, 0.15) is 0 Å². The molecule has 0 fully saturated rings. The molecule has 0 bridgehead atoms. The topological polar surface area (TPSA) is 86.0 Å². The molecule has 1 aliphatic rings. The van der Waals surface area contributed by atoms with E-state index in [1.807, 2.05) is 0 Å². The van der Waals surface area contributed by atoms with Crippen LogP contribution in [0.4, 0.5) is 11.4 Å². The molecule has 0 saturated heterocycles. The minimum atomic E-state index is -0.453. The summed E-state index contributed by atoms with van der Waals surface area (Å²) >= 11 is 0. The van der Waals surface area contributed by atoms with Gasteiger partial charge in [-0.3, -0.25) is 15.5 Å². The summed E-state index contributed by atoms with van der Waals surface area (Å²) in [5, 5.41) is 14.4. The van der Waals surface area contributed by atoms with Crippen molar-refractivity contribution in [2.75, 3.05) is 18.6 Å². The number of nitrogens with zero attached hydrogens (tertiary/aromatic N) is 2. The van der Waals surface area contributed by atoms with Crippen LogP contribution in [0.3, 0.4) is 0 Å². The summed E-state index contributed by atoms with van der Waals surface area (Å²) in [5.41, 5.74) is 3.41. The van der Waals surface area contributed by atoms with E-state index in [1.54, 1.807) is 12.1 Å². The average Bonchev–Trinajstić information content (AvgIpc) is 2.40. The van der Waals surface area contributed by atoms with Crippen LogP contribution in [0, 0.1) is 10.1 Å². The molecule has 1 aromatic carbocycles. The van der Waals surface area contributed by atoms with Crippen LogP contribution in [-0.4, -0.2) is 24.4 Å². The molecule has 94 valence electrons. The summed E-state index contributed by atoms with van der Waals surface area (Å²) in [6.07, 6.45) is 2.95. The van der Waals surface area contributed by atoms with Gasteiger partial charge < -0.3 is 9.47 Å². The maximum absolute atomic E-state index is 10.5. The van der Waals surface area contributed by atoms with E-state index < -0.39 is 4.92 Å². The van der Waals surface area contributed by atoms with E-state index in [-0.39, 0.29) is 5.69 Å². The van der Waals surface area contributed by atoms with Crippen LogP contribution in [0.15, 0.2) is 41.4 Å². The highest BCUT2D eigenvalue weighted by molar-refractivity contribution is 5.76. The third-order valence-electron chi connectivity index (χ3n) is 2.13. The van der Waals surface area contributed by atoms with Gasteiger partial charge in [0.1, 0.15) is 19.5 Å². The van der Waals surface area contributed by atoms with Crippen molar-refractivity contribution in [3.8, 4) is 0 Å². The van der Waals surface area contributed by atoms with Crippen LogP contribution >= 0.6 is 0 Å². The Balaban J connectivity index is 1.91. The maximum Gasteiger partial charge on any atom is 0.269 e. The van der Waals surface area contributed by atoms with E-state index in [9.17, 15) is 10.1 Å². The second kappa shape index (κ2) is 5.67. The van der Waals surface area contributed by atoms with E-state index in [2.05, 4.69) is 10.5 Å². The Morgan fingerprint density at radius 3 is 2.72 bits per heavy atom. The van der Waals surface area contributed by atoms with Crippen molar-refractivity contribution in [1.82, 2.24) is 0 Å². The van der Waals surface area contributed by atoms with Crippen LogP contribution in [0.25, 0.3) is 0 Å². The summed E-state index contributed by atoms with van der Waals surface area (Å²) in [7, 11) is 0. The predicted octanol–water partition coefficient (Wildman–Crippen LogP) is 1.88. The molecule has 0 aliphatic carbocycles. The van der Waals surface area contributed by atoms with Gasteiger partial charge in [0.25, 0.3) is 5.69 Å². The van der Waals surface area contributed by atoms with Gasteiger partial charge in [0.15, 0.2) is 5.76 Å². The number of allylic oxidation sites excluding steroid dienone is 1. The lowest BCUT2D eigenvalue weighted by atomic mass is 10.3. The first-order chi connectivity index (χ1) is 8.75. The van der Waals surface area contributed by atoms with E-state index >= 15 is 0 Å². The van der Waals surface area contributed by atoms with Crippen molar-refractivity contribution in [3.63, 3.8) is 0 Å². The summed E-state index contributed by atoms with van der Waals surface area (Å²) in [4.78, 5) is 10.00. The largest absolute Gasteiger partial charge is 0.494 e. The molecule has 0 radical (unpaired) electrons. The number of rotatable bonds is 4. The minimum Gasteiger partial charge on any atom is -0.494 e. The maximum atomic E-state index is 10.5. The lowest BCUT2D eigenvalue weighted by molar-refractivity contribution is -0.384. The van der Waals surface area contributed by atoms with Gasteiger partial charge in [-0.25, -0.2) is 0 Å². The first kappa shape index (κ1) is 11.9. The number of nitro benzene ring substituents is 1. The zero-order chi connectivity index (χ0) is 12.8. The number of hydrogen-bond acceptors (Lipinski definition) is 6. The van der Waals surface area contributed by atoms with Crippen molar-refractivity contribution in [2.24, 2.45) is 5.10 Å². The van der Waals surface area contributed by atoms with Gasteiger partial charge in [-0.2, -0.15) is 5.10 Å². The molecule has 2 rings (SSSR count). The van der Waals surface area contributed by atoms with Gasteiger partial charge in [0, 0.05) is 12.1 Å². The van der Waals surface area contributed by atoms with Crippen LogP contribution < -0.4 is 5.43 Å². The Morgan fingerprint density at radius 1 is 1.33 bits per heavy atom. The molecule has 0 aromatic heterocycles. The molecular formula is C11H11N3O4. The number of non-ortho nitro benzene ring substituents is 1. The lowest BCUT2D eigenvalue weighted by Gasteiger charge is -2.11. The molecule has 1 aliphatic heterocycles. The van der Waals surface area contributed by atoms with Gasteiger partial charge in [-0.1, -0.05) is 0 Å². The van der Waals surface area contributed by atoms with Crippen molar-refractivity contribution in [3.05, 3.63) is 46.4 Å². The second-order valence-corrected chi connectivity index (χ2v) is 3.41. The summed E-state index contributed by atoms with van der Waals surface area (Å²) in [6.45, 7) is 1.03. The van der Waals surface area contributed by atoms with Crippen LogP contribution in [0.2, 0.25) is 0 Å². The standard InChI is InChI=1S/C11H11N3O4/c15-14(16)10-3-1-9(2-4-10)13-12-7-11-8-17-5-6-18-11/h1-4,7-8,13H,5-6H2/b12-7-. The normalized spacial score (nSPS) is 14.6. The van der Waals surface area contributed by atoms with Gasteiger partial charge in [0.2, 0.25) is 0 Å². The number of nitro groups is 1. The third-order valence-corrected chi connectivity index (χ3v) is 2.13. The smallest absolute Gasteiger partial charge is 0.269 e. The molecule has 7 heteroatoms. The zero-order valence-electron chi connectivity index (χ0n) is 9.41. The van der Waals surface area contributed by atoms with Gasteiger partial charge >= 0.3 is 0 Å². The third kappa shape index (κ3) is 3.21. The SMILES string of the molecule is O=[N+]([O-])c1ccc(N/N=C\C2=COCCO2)cc1. The van der Waals surface area contributed by atoms with Crippen molar-refractivity contribution >= 4 is 17.6 Å². The molecule has 0 amide bonds. The fourth-order valence-corrected chi connectivity index (χ4v) is 1.28. The molecule has 18 heavy (non-hydrogen) atoms. The molecule has 1 N–H and O–H groups in total. The summed E-state index contributed by atoms with van der Waals surface area (Å²) < 4.78 is 10.3. The van der Waals surface area contributed by atoms with Crippen LogP contribution in [0.5, 0.6) is 0 Å². The van der Waals surface area contributed by atoms with E-state index in [0.717, 1.165) is 0 Å². The summed E-state index contributed by atoms with van der Waals surface area (Å²) in [6, 6.07) is 5.94. The molecule has 0 spiro atoms. The molecule has 7 nitrogen and oxygen atoms in total. The lowest BCUT2D eigenvalue weighted by Crippen LogP contribution is -2.09. The molecule has 1 heterocycles. The first-order valence-corrected chi connectivity index (χ1v) is 5.24. The number of ether oxygens (including phenoxy) is 2. The predicted molar refractivity (Wildman–Crippen MR) is 65.2 cm³/mol. The zero-order valence-corrected chi connectivity index (χ0v) is 9.41. The molecular weight excluding hydrogens is 238 g/mol. The quantitative estimate of drug-likeness (QED) is 0.500. The van der Waals surface area contributed by atoms with Crippen molar-refractivity contribution in [2.45, 2.75) is 0 Å². The Hall–Kier alpha value is -2.57. The van der Waals surface area contributed by atoms with Crippen LogP contribution in [-0.2, 0) is 9.47 Å². The first-order valence-electron chi connectivity index (χ1n) is 5.24. The molecule has 0 unspecified atom stereocenters. The minimum absolute atomic E-state index is 0.0382. The highest BCUT2D eigenvalue weighted by atomic mass is 16.6. The molecule has 0 atom stereocenters. The van der Waals surface area contributed by atoms with E-state index in [1.165, 1.54) is 24.6 Å². The van der Waals surface area contributed by atoms with Gasteiger partial charge in [-0.15, -0.1) is 0 Å². The summed E-state index contributed by atoms with van der Waals surface area (Å²) in [5.74, 6) is 0.524. The van der Waals surface area contributed by atoms with Gasteiger partial charge in [-0.05, 0) is 12.1 Å². The highest BCUT2D eigenvalue weighted by Gasteiger charge is 2.03. The Morgan fingerprint density at radius 2 is 2.11 bits per heavy atom. The second-order valence-electron chi connectivity index (χ2n) is 3.41. The average molecular weight is 249 g/mol. The number of hydrogen-bond donors (Lipinski definition) is 1. The van der Waals surface area contributed by atoms with Crippen molar-refractivity contribution in [1.29, 1.82) is 0 Å². The molecule has 0 saturated carbocycles. The number of anilines is 1.